The van der Waals surface area contributed by atoms with Crippen LogP contribution in [0.1, 0.15) is 28.4 Å². The molecule has 2 rings (SSSR count). The van der Waals surface area contributed by atoms with Crippen LogP contribution in [-0.4, -0.2) is 32.1 Å². The van der Waals surface area contributed by atoms with E-state index in [-0.39, 0.29) is 6.10 Å². The summed E-state index contributed by atoms with van der Waals surface area (Å²) in [7, 11) is 4.15. The third-order valence-electron chi connectivity index (χ3n) is 4.06. The van der Waals surface area contributed by atoms with Crippen LogP contribution in [0.2, 0.25) is 0 Å². The van der Waals surface area contributed by atoms with Gasteiger partial charge in [-0.15, -0.1) is 0 Å². The summed E-state index contributed by atoms with van der Waals surface area (Å²) in [6.07, 6.45) is 1.03. The van der Waals surface area contributed by atoms with Crippen molar-refractivity contribution in [3.05, 3.63) is 70.8 Å². The zero-order chi connectivity index (χ0) is 15.9. The standard InChI is InChI=1S/C20H27NO/c1-16-9-5-7-11-18(16)15-20(22-14-13-21(3)4)19-12-8-6-10-17(19)2/h5-12,20H,13-15H2,1-4H3. The zero-order valence-corrected chi connectivity index (χ0v) is 14.2. The van der Waals surface area contributed by atoms with Crippen LogP contribution >= 0.6 is 0 Å². The Labute approximate surface area is 134 Å². The fourth-order valence-electron chi connectivity index (χ4n) is 2.62. The van der Waals surface area contributed by atoms with Crippen molar-refractivity contribution >= 4 is 0 Å². The van der Waals surface area contributed by atoms with Crippen LogP contribution in [-0.2, 0) is 11.2 Å². The smallest absolute Gasteiger partial charge is 0.0868 e. The molecule has 0 spiro atoms. The molecule has 0 aliphatic rings. The van der Waals surface area contributed by atoms with Crippen molar-refractivity contribution in [2.75, 3.05) is 27.2 Å². The molecule has 0 saturated carbocycles. The molecule has 0 fully saturated rings. The van der Waals surface area contributed by atoms with Crippen molar-refractivity contribution in [1.82, 2.24) is 4.90 Å². The number of hydrogen-bond donors (Lipinski definition) is 0. The number of nitrogens with zero attached hydrogens (tertiary/aromatic N) is 1. The van der Waals surface area contributed by atoms with E-state index in [1.807, 2.05) is 0 Å². The van der Waals surface area contributed by atoms with Crippen LogP contribution in [0, 0.1) is 13.8 Å². The van der Waals surface area contributed by atoms with Gasteiger partial charge in [0, 0.05) is 13.0 Å². The molecule has 2 aromatic carbocycles. The summed E-state index contributed by atoms with van der Waals surface area (Å²) in [5, 5.41) is 0. The largest absolute Gasteiger partial charge is 0.372 e. The topological polar surface area (TPSA) is 12.5 Å². The minimum atomic E-state index is 0.113. The Morgan fingerprint density at radius 3 is 2.18 bits per heavy atom. The Bertz CT molecular complexity index is 592. The Morgan fingerprint density at radius 1 is 0.909 bits per heavy atom. The van der Waals surface area contributed by atoms with Gasteiger partial charge in [-0.1, -0.05) is 48.5 Å². The van der Waals surface area contributed by atoms with E-state index < -0.39 is 0 Å². The van der Waals surface area contributed by atoms with Gasteiger partial charge in [-0.25, -0.2) is 0 Å². The molecule has 0 aliphatic carbocycles. The van der Waals surface area contributed by atoms with Crippen molar-refractivity contribution in [2.24, 2.45) is 0 Å². The molecule has 1 atom stereocenters. The molecule has 0 aliphatic heterocycles. The predicted molar refractivity (Wildman–Crippen MR) is 93.3 cm³/mol. The third kappa shape index (κ3) is 4.69. The Morgan fingerprint density at radius 2 is 1.55 bits per heavy atom. The first kappa shape index (κ1) is 16.7. The van der Waals surface area contributed by atoms with Crippen molar-refractivity contribution in [2.45, 2.75) is 26.4 Å². The average molecular weight is 297 g/mol. The quantitative estimate of drug-likeness (QED) is 0.760. The molecule has 2 aromatic rings. The van der Waals surface area contributed by atoms with Gasteiger partial charge in [0.25, 0.3) is 0 Å². The Hall–Kier alpha value is -1.64. The lowest BCUT2D eigenvalue weighted by Crippen LogP contribution is -2.20. The maximum Gasteiger partial charge on any atom is 0.0868 e. The van der Waals surface area contributed by atoms with E-state index in [2.05, 4.69) is 81.4 Å². The molecule has 0 bridgehead atoms. The highest BCUT2D eigenvalue weighted by Gasteiger charge is 2.16. The second-order valence-corrected chi connectivity index (χ2v) is 6.15. The van der Waals surface area contributed by atoms with E-state index in [1.54, 1.807) is 0 Å². The molecule has 118 valence electrons. The van der Waals surface area contributed by atoms with Crippen molar-refractivity contribution in [1.29, 1.82) is 0 Å². The van der Waals surface area contributed by atoms with Gasteiger partial charge in [-0.05, 0) is 50.2 Å². The summed E-state index contributed by atoms with van der Waals surface area (Å²) in [6.45, 7) is 6.02. The van der Waals surface area contributed by atoms with Gasteiger partial charge in [-0.3, -0.25) is 0 Å². The third-order valence-corrected chi connectivity index (χ3v) is 4.06. The van der Waals surface area contributed by atoms with Crippen LogP contribution < -0.4 is 0 Å². The number of benzene rings is 2. The number of likely N-dealkylation sites (N-methyl/N-ethyl adjacent to an activating group) is 1. The van der Waals surface area contributed by atoms with Gasteiger partial charge < -0.3 is 9.64 Å². The van der Waals surface area contributed by atoms with Gasteiger partial charge >= 0.3 is 0 Å². The lowest BCUT2D eigenvalue weighted by Gasteiger charge is -2.22. The molecule has 2 nitrogen and oxygen atoms in total. The van der Waals surface area contributed by atoms with Crippen LogP contribution in [0.5, 0.6) is 0 Å². The highest BCUT2D eigenvalue weighted by atomic mass is 16.5. The van der Waals surface area contributed by atoms with Gasteiger partial charge in [0.1, 0.15) is 0 Å². The molecule has 1 unspecified atom stereocenters. The molecule has 0 aromatic heterocycles. The van der Waals surface area contributed by atoms with E-state index in [1.165, 1.54) is 22.3 Å². The first-order chi connectivity index (χ1) is 10.6. The molecule has 0 heterocycles. The maximum atomic E-state index is 6.24. The van der Waals surface area contributed by atoms with Crippen molar-refractivity contribution in [3.8, 4) is 0 Å². The monoisotopic (exact) mass is 297 g/mol. The summed E-state index contributed by atoms with van der Waals surface area (Å²) < 4.78 is 6.24. The fraction of sp³-hybridized carbons (Fsp3) is 0.400. The minimum Gasteiger partial charge on any atom is -0.372 e. The van der Waals surface area contributed by atoms with E-state index in [9.17, 15) is 0 Å². The molecule has 0 N–H and O–H groups in total. The highest BCUT2D eigenvalue weighted by molar-refractivity contribution is 5.32. The molecule has 0 saturated heterocycles. The van der Waals surface area contributed by atoms with Crippen molar-refractivity contribution in [3.63, 3.8) is 0 Å². The normalized spacial score (nSPS) is 12.6. The molecule has 0 amide bonds. The Kier molecular flexibility index (Phi) is 6.17. The van der Waals surface area contributed by atoms with E-state index in [0.29, 0.717) is 0 Å². The SMILES string of the molecule is Cc1ccccc1CC(OCCN(C)C)c1ccccc1C. The van der Waals surface area contributed by atoms with Crippen LogP contribution in [0.4, 0.5) is 0 Å². The van der Waals surface area contributed by atoms with Gasteiger partial charge in [0.2, 0.25) is 0 Å². The average Bonchev–Trinajstić information content (AvgIpc) is 2.48. The lowest BCUT2D eigenvalue weighted by atomic mass is 9.95. The second-order valence-electron chi connectivity index (χ2n) is 6.15. The summed E-state index contributed by atoms with van der Waals surface area (Å²) in [4.78, 5) is 2.16. The molecule has 22 heavy (non-hydrogen) atoms. The Balaban J connectivity index is 2.18. The summed E-state index contributed by atoms with van der Waals surface area (Å²) in [5.74, 6) is 0. The van der Waals surface area contributed by atoms with Crippen LogP contribution in [0.3, 0.4) is 0 Å². The first-order valence-electron chi connectivity index (χ1n) is 7.94. The molecular weight excluding hydrogens is 270 g/mol. The van der Waals surface area contributed by atoms with Gasteiger partial charge in [0.15, 0.2) is 0 Å². The molecule has 2 heteroatoms. The zero-order valence-electron chi connectivity index (χ0n) is 14.2. The van der Waals surface area contributed by atoms with Crippen LogP contribution in [0.15, 0.2) is 48.5 Å². The summed E-state index contributed by atoms with van der Waals surface area (Å²) in [5.41, 5.74) is 5.29. The number of rotatable bonds is 7. The minimum absolute atomic E-state index is 0.113. The number of hydrogen-bond acceptors (Lipinski definition) is 2. The van der Waals surface area contributed by atoms with Gasteiger partial charge in [-0.2, -0.15) is 0 Å². The summed E-state index contributed by atoms with van der Waals surface area (Å²) >= 11 is 0. The maximum absolute atomic E-state index is 6.24. The van der Waals surface area contributed by atoms with E-state index >= 15 is 0 Å². The molecule has 0 radical (unpaired) electrons. The first-order valence-corrected chi connectivity index (χ1v) is 7.94. The van der Waals surface area contributed by atoms with Crippen LogP contribution in [0.25, 0.3) is 0 Å². The summed E-state index contributed by atoms with van der Waals surface area (Å²) in [6, 6.07) is 17.1. The highest BCUT2D eigenvalue weighted by Crippen LogP contribution is 2.26. The van der Waals surface area contributed by atoms with E-state index in [4.69, 9.17) is 4.74 Å². The number of ether oxygens (including phenoxy) is 1. The molecular formula is C20H27NO. The van der Waals surface area contributed by atoms with E-state index in [0.717, 1.165) is 19.6 Å². The lowest BCUT2D eigenvalue weighted by molar-refractivity contribution is 0.0432. The fourth-order valence-corrected chi connectivity index (χ4v) is 2.62. The van der Waals surface area contributed by atoms with Gasteiger partial charge in [0.05, 0.1) is 12.7 Å². The number of aryl methyl sites for hydroxylation is 2. The predicted octanol–water partition coefficient (Wildman–Crippen LogP) is 4.17. The second kappa shape index (κ2) is 8.11. The van der Waals surface area contributed by atoms with Crippen molar-refractivity contribution < 1.29 is 4.74 Å².